The van der Waals surface area contributed by atoms with Gasteiger partial charge >= 0.3 is 0 Å². The van der Waals surface area contributed by atoms with E-state index in [1.807, 2.05) is 13.8 Å². The molecular weight excluding hydrogens is 429 g/mol. The first-order valence-corrected chi connectivity index (χ1v) is 11.3. The summed E-state index contributed by atoms with van der Waals surface area (Å²) in [5, 5.41) is 4.42. The predicted molar refractivity (Wildman–Crippen MR) is 117 cm³/mol. The maximum absolute atomic E-state index is 13.9. The lowest BCUT2D eigenvalue weighted by atomic mass is 9.98. The smallest absolute Gasteiger partial charge is 0.272 e. The van der Waals surface area contributed by atoms with Crippen molar-refractivity contribution in [2.24, 2.45) is 0 Å². The van der Waals surface area contributed by atoms with E-state index in [0.29, 0.717) is 22.5 Å². The summed E-state index contributed by atoms with van der Waals surface area (Å²) in [6, 6.07) is 12.2. The average molecular weight is 450 g/mol. The van der Waals surface area contributed by atoms with Gasteiger partial charge in [-0.1, -0.05) is 37.6 Å². The maximum Gasteiger partial charge on any atom is 0.272 e. The van der Waals surface area contributed by atoms with E-state index in [0.717, 1.165) is 10.7 Å². The molecule has 1 aromatic heterocycles. The van der Waals surface area contributed by atoms with Crippen LogP contribution >= 0.6 is 11.6 Å². The minimum Gasteiger partial charge on any atom is -0.284 e. The van der Waals surface area contributed by atoms with Gasteiger partial charge in [0.05, 0.1) is 22.2 Å². The summed E-state index contributed by atoms with van der Waals surface area (Å²) in [4.78, 5) is 12.8. The second-order valence-corrected chi connectivity index (χ2v) is 9.45. The van der Waals surface area contributed by atoms with E-state index in [1.54, 1.807) is 31.2 Å². The van der Waals surface area contributed by atoms with Crippen LogP contribution in [0.4, 0.5) is 10.1 Å². The fraction of sp³-hybridized carbons (Fsp3) is 0.238. The molecule has 3 aromatic rings. The maximum atomic E-state index is 13.9. The standard InChI is InChI=1S/C21H21ClFN3O3S/c1-4-30(28,29)25-15-7-5-6-14(10-15)17-12-20(27)26(24-21(17)13(2)3)16-8-9-18(22)19(23)11-16/h5-13,25H,4H2,1-3H3. The van der Waals surface area contributed by atoms with Crippen molar-refractivity contribution in [1.29, 1.82) is 0 Å². The summed E-state index contributed by atoms with van der Waals surface area (Å²) in [5.74, 6) is -0.752. The highest BCUT2D eigenvalue weighted by Crippen LogP contribution is 2.29. The Morgan fingerprint density at radius 3 is 2.53 bits per heavy atom. The highest BCUT2D eigenvalue weighted by atomic mass is 35.5. The van der Waals surface area contributed by atoms with Gasteiger partial charge in [-0.25, -0.2) is 12.8 Å². The van der Waals surface area contributed by atoms with E-state index in [9.17, 15) is 17.6 Å². The van der Waals surface area contributed by atoms with Crippen molar-refractivity contribution in [2.45, 2.75) is 26.7 Å². The van der Waals surface area contributed by atoms with Gasteiger partial charge in [-0.3, -0.25) is 9.52 Å². The van der Waals surface area contributed by atoms with Crippen molar-refractivity contribution < 1.29 is 12.8 Å². The van der Waals surface area contributed by atoms with Crippen LogP contribution in [0.15, 0.2) is 53.3 Å². The number of benzene rings is 2. The van der Waals surface area contributed by atoms with Crippen molar-refractivity contribution in [2.75, 3.05) is 10.5 Å². The van der Waals surface area contributed by atoms with E-state index >= 15 is 0 Å². The first kappa shape index (κ1) is 22.0. The topological polar surface area (TPSA) is 81.1 Å². The van der Waals surface area contributed by atoms with Gasteiger partial charge < -0.3 is 0 Å². The lowest BCUT2D eigenvalue weighted by Gasteiger charge is -2.16. The second kappa shape index (κ2) is 8.57. The Bertz CT molecular complexity index is 1260. The van der Waals surface area contributed by atoms with Crippen LogP contribution in [0.3, 0.4) is 0 Å². The monoisotopic (exact) mass is 449 g/mol. The van der Waals surface area contributed by atoms with E-state index in [-0.39, 0.29) is 22.4 Å². The molecule has 6 nitrogen and oxygen atoms in total. The van der Waals surface area contributed by atoms with Gasteiger partial charge in [0, 0.05) is 23.4 Å². The van der Waals surface area contributed by atoms with Crippen molar-refractivity contribution in [3.05, 3.63) is 75.4 Å². The first-order valence-electron chi connectivity index (χ1n) is 9.32. The first-order chi connectivity index (χ1) is 14.1. The molecule has 0 spiro atoms. The SMILES string of the molecule is CCS(=O)(=O)Nc1cccc(-c2cc(=O)n(-c3ccc(Cl)c(F)c3)nc2C(C)C)c1. The van der Waals surface area contributed by atoms with Gasteiger partial charge in [0.2, 0.25) is 10.0 Å². The number of nitrogens with zero attached hydrogens (tertiary/aromatic N) is 2. The molecule has 3 rings (SSSR count). The molecule has 0 saturated carbocycles. The summed E-state index contributed by atoms with van der Waals surface area (Å²) in [5.41, 5.74) is 2.05. The zero-order valence-electron chi connectivity index (χ0n) is 16.7. The van der Waals surface area contributed by atoms with Crippen LogP contribution in [-0.4, -0.2) is 24.0 Å². The minimum atomic E-state index is -3.43. The molecule has 0 amide bonds. The van der Waals surface area contributed by atoms with Crippen LogP contribution in [0.5, 0.6) is 0 Å². The number of aromatic nitrogens is 2. The van der Waals surface area contributed by atoms with Crippen LogP contribution in [0.2, 0.25) is 5.02 Å². The number of anilines is 1. The van der Waals surface area contributed by atoms with Gasteiger partial charge in [-0.15, -0.1) is 0 Å². The van der Waals surface area contributed by atoms with E-state index in [1.165, 1.54) is 18.2 Å². The third-order valence-corrected chi connectivity index (χ3v) is 6.10. The van der Waals surface area contributed by atoms with Crippen molar-refractivity contribution >= 4 is 27.3 Å². The molecule has 0 aliphatic heterocycles. The molecule has 0 aliphatic rings. The van der Waals surface area contributed by atoms with Crippen LogP contribution in [-0.2, 0) is 10.0 Å². The fourth-order valence-electron chi connectivity index (χ4n) is 2.93. The minimum absolute atomic E-state index is 0.0427. The average Bonchev–Trinajstić information content (AvgIpc) is 2.69. The molecular formula is C21H21ClFN3O3S. The van der Waals surface area contributed by atoms with Crippen LogP contribution in [0.1, 0.15) is 32.4 Å². The lowest BCUT2D eigenvalue weighted by Crippen LogP contribution is -2.23. The molecule has 9 heteroatoms. The molecule has 2 aromatic carbocycles. The number of halogens is 2. The Morgan fingerprint density at radius 2 is 1.90 bits per heavy atom. The quantitative estimate of drug-likeness (QED) is 0.597. The predicted octanol–water partition coefficient (Wildman–Crippen LogP) is 4.58. The Labute approximate surface area is 179 Å². The van der Waals surface area contributed by atoms with Gasteiger partial charge in [0.25, 0.3) is 5.56 Å². The Balaban J connectivity index is 2.14. The molecule has 0 atom stereocenters. The van der Waals surface area contributed by atoms with Gasteiger partial charge in [-0.05, 0) is 42.7 Å². The van der Waals surface area contributed by atoms with Crippen molar-refractivity contribution in [3.63, 3.8) is 0 Å². The summed E-state index contributed by atoms with van der Waals surface area (Å²) >= 11 is 5.73. The molecule has 30 heavy (non-hydrogen) atoms. The largest absolute Gasteiger partial charge is 0.284 e. The lowest BCUT2D eigenvalue weighted by molar-refractivity contribution is 0.602. The van der Waals surface area contributed by atoms with Crippen LogP contribution < -0.4 is 10.3 Å². The number of nitrogens with one attached hydrogen (secondary N) is 1. The van der Waals surface area contributed by atoms with E-state index in [4.69, 9.17) is 11.6 Å². The zero-order valence-corrected chi connectivity index (χ0v) is 18.3. The third-order valence-electron chi connectivity index (χ3n) is 4.48. The molecule has 158 valence electrons. The van der Waals surface area contributed by atoms with Crippen molar-refractivity contribution in [1.82, 2.24) is 9.78 Å². The molecule has 0 unspecified atom stereocenters. The number of hydrogen-bond donors (Lipinski definition) is 1. The summed E-state index contributed by atoms with van der Waals surface area (Å²) in [6.07, 6.45) is 0. The summed E-state index contributed by atoms with van der Waals surface area (Å²) in [6.45, 7) is 5.39. The molecule has 1 heterocycles. The number of hydrogen-bond acceptors (Lipinski definition) is 4. The van der Waals surface area contributed by atoms with Crippen LogP contribution in [0.25, 0.3) is 16.8 Å². The van der Waals surface area contributed by atoms with Crippen LogP contribution in [0, 0.1) is 5.82 Å². The normalized spacial score (nSPS) is 11.7. The fourth-order valence-corrected chi connectivity index (χ4v) is 3.68. The molecule has 0 saturated heterocycles. The van der Waals surface area contributed by atoms with Gasteiger partial charge in [0.15, 0.2) is 0 Å². The van der Waals surface area contributed by atoms with Gasteiger partial charge in [-0.2, -0.15) is 9.78 Å². The van der Waals surface area contributed by atoms with E-state index < -0.39 is 21.4 Å². The Kier molecular flexibility index (Phi) is 6.28. The molecule has 0 radical (unpaired) electrons. The van der Waals surface area contributed by atoms with Gasteiger partial charge in [0.1, 0.15) is 5.82 Å². The second-order valence-electron chi connectivity index (χ2n) is 7.03. The molecule has 0 aliphatic carbocycles. The van der Waals surface area contributed by atoms with Crippen molar-refractivity contribution in [3.8, 4) is 16.8 Å². The highest BCUT2D eigenvalue weighted by molar-refractivity contribution is 7.92. The van der Waals surface area contributed by atoms with E-state index in [2.05, 4.69) is 9.82 Å². The zero-order chi connectivity index (χ0) is 22.1. The summed E-state index contributed by atoms with van der Waals surface area (Å²) in [7, 11) is -3.43. The third kappa shape index (κ3) is 4.71. The summed E-state index contributed by atoms with van der Waals surface area (Å²) < 4.78 is 41.3. The molecule has 0 fully saturated rings. The number of sulfonamides is 1. The molecule has 1 N–H and O–H groups in total. The Morgan fingerprint density at radius 1 is 1.17 bits per heavy atom. The highest BCUT2D eigenvalue weighted by Gasteiger charge is 2.16. The Hall–Kier alpha value is -2.71. The number of rotatable bonds is 6. The molecule has 0 bridgehead atoms.